The molecule has 0 aliphatic carbocycles. The molecule has 4 nitrogen and oxygen atoms in total. The first-order chi connectivity index (χ1) is 5.65. The summed E-state index contributed by atoms with van der Waals surface area (Å²) in [6.07, 6.45) is 0.890. The van der Waals surface area contributed by atoms with E-state index >= 15 is 0 Å². The van der Waals surface area contributed by atoms with Crippen molar-refractivity contribution in [1.82, 2.24) is 15.2 Å². The van der Waals surface area contributed by atoms with Crippen molar-refractivity contribution in [1.29, 1.82) is 0 Å². The Morgan fingerprint density at radius 3 is 2.83 bits per heavy atom. The van der Waals surface area contributed by atoms with E-state index in [1.54, 1.807) is 0 Å². The molecule has 0 aliphatic rings. The van der Waals surface area contributed by atoms with Crippen LogP contribution in [-0.2, 0) is 0 Å². The minimum atomic E-state index is -0.187. The van der Waals surface area contributed by atoms with Gasteiger partial charge in [-0.25, -0.2) is 0 Å². The van der Waals surface area contributed by atoms with Gasteiger partial charge < -0.3 is 0 Å². The Hall–Kier alpha value is -0.970. The van der Waals surface area contributed by atoms with Gasteiger partial charge in [0.1, 0.15) is 5.69 Å². The third kappa shape index (κ3) is 1.79. The van der Waals surface area contributed by atoms with Crippen molar-refractivity contribution >= 4 is 12.2 Å². The largest absolute Gasteiger partial charge is 0.296 e. The number of hydrogen-bond acceptors (Lipinski definition) is 3. The van der Waals surface area contributed by atoms with Gasteiger partial charge in [0.05, 0.1) is 0 Å². The van der Waals surface area contributed by atoms with Crippen LogP contribution in [0.25, 0.3) is 0 Å². The Balaban J connectivity index is 3.19. The first-order valence-electron chi connectivity index (χ1n) is 3.84. The number of nitrogens with one attached hydrogen (secondary N) is 2. The lowest BCUT2D eigenvalue weighted by Gasteiger charge is -2.03. The molecule has 66 valence electrons. The van der Waals surface area contributed by atoms with Gasteiger partial charge in [-0.05, 0) is 18.6 Å². The fraction of sp³-hybridized carbons (Fsp3) is 0.571. The Morgan fingerprint density at radius 2 is 2.33 bits per heavy atom. The lowest BCUT2D eigenvalue weighted by molar-refractivity contribution is 0.668. The fourth-order valence-corrected chi connectivity index (χ4v) is 1.02. The van der Waals surface area contributed by atoms with Crippen molar-refractivity contribution in [2.24, 2.45) is 0 Å². The molecule has 0 radical (unpaired) electrons. The van der Waals surface area contributed by atoms with Crippen LogP contribution in [-0.4, -0.2) is 15.2 Å². The summed E-state index contributed by atoms with van der Waals surface area (Å²) in [4.78, 5) is 13.7. The fourth-order valence-electron chi connectivity index (χ4n) is 0.884. The molecule has 1 aromatic heterocycles. The lowest BCUT2D eigenvalue weighted by atomic mass is 10.1. The second kappa shape index (κ2) is 3.62. The zero-order valence-corrected chi connectivity index (χ0v) is 7.86. The average Bonchev–Trinajstić information content (AvgIpc) is 2.03. The molecule has 0 amide bonds. The van der Waals surface area contributed by atoms with E-state index in [0.29, 0.717) is 5.69 Å². The standard InChI is InChI=1S/C7H11N3OS/c1-3-4(2)5-6(11)8-7(12)10-9-5/h4H,3H2,1-2H3,(H2,8,10,11,12). The smallest absolute Gasteiger partial charge is 0.273 e. The van der Waals surface area contributed by atoms with Crippen LogP contribution < -0.4 is 5.56 Å². The molecule has 2 N–H and O–H groups in total. The molecule has 0 spiro atoms. The summed E-state index contributed by atoms with van der Waals surface area (Å²) in [6, 6.07) is 0. The monoisotopic (exact) mass is 185 g/mol. The lowest BCUT2D eigenvalue weighted by Crippen LogP contribution is -2.18. The number of aromatic nitrogens is 3. The maximum Gasteiger partial charge on any atom is 0.273 e. The van der Waals surface area contributed by atoms with E-state index in [2.05, 4.69) is 15.2 Å². The number of rotatable bonds is 2. The molecule has 1 aromatic rings. The maximum absolute atomic E-state index is 11.2. The van der Waals surface area contributed by atoms with Gasteiger partial charge in [-0.1, -0.05) is 13.8 Å². The van der Waals surface area contributed by atoms with Crippen LogP contribution in [0.3, 0.4) is 0 Å². The summed E-state index contributed by atoms with van der Waals surface area (Å²) < 4.78 is 0.270. The van der Waals surface area contributed by atoms with Gasteiger partial charge in [0, 0.05) is 5.92 Å². The SMILES string of the molecule is CCC(C)c1n[nH]c(=S)[nH]c1=O. The van der Waals surface area contributed by atoms with Gasteiger partial charge >= 0.3 is 0 Å². The summed E-state index contributed by atoms with van der Waals surface area (Å²) in [5, 5.41) is 6.44. The van der Waals surface area contributed by atoms with Crippen molar-refractivity contribution in [3.63, 3.8) is 0 Å². The highest BCUT2D eigenvalue weighted by atomic mass is 32.1. The second-order valence-corrected chi connectivity index (χ2v) is 3.11. The van der Waals surface area contributed by atoms with Crippen molar-refractivity contribution in [3.05, 3.63) is 20.8 Å². The molecule has 0 aliphatic heterocycles. The van der Waals surface area contributed by atoms with E-state index in [1.165, 1.54) is 0 Å². The highest BCUT2D eigenvalue weighted by Crippen LogP contribution is 2.09. The summed E-state index contributed by atoms with van der Waals surface area (Å²) in [7, 11) is 0. The van der Waals surface area contributed by atoms with Crippen LogP contribution in [0.4, 0.5) is 0 Å². The highest BCUT2D eigenvalue weighted by molar-refractivity contribution is 7.71. The molecule has 1 atom stereocenters. The van der Waals surface area contributed by atoms with E-state index in [-0.39, 0.29) is 16.2 Å². The topological polar surface area (TPSA) is 61.5 Å². The normalized spacial score (nSPS) is 12.8. The maximum atomic E-state index is 11.2. The third-order valence-corrected chi connectivity index (χ3v) is 2.01. The van der Waals surface area contributed by atoms with Crippen LogP contribution in [0.2, 0.25) is 0 Å². The molecule has 1 rings (SSSR count). The third-order valence-electron chi connectivity index (χ3n) is 1.82. The van der Waals surface area contributed by atoms with Crippen molar-refractivity contribution in [3.8, 4) is 0 Å². The van der Waals surface area contributed by atoms with Crippen LogP contribution in [0.1, 0.15) is 31.9 Å². The van der Waals surface area contributed by atoms with E-state index in [0.717, 1.165) is 6.42 Å². The number of hydrogen-bond donors (Lipinski definition) is 2. The molecule has 0 saturated heterocycles. The van der Waals surface area contributed by atoms with Gasteiger partial charge in [-0.3, -0.25) is 14.9 Å². The predicted molar refractivity (Wildman–Crippen MR) is 48.7 cm³/mol. The van der Waals surface area contributed by atoms with Gasteiger partial charge in [0.15, 0.2) is 4.77 Å². The molecule has 12 heavy (non-hydrogen) atoms. The number of nitrogens with zero attached hydrogens (tertiary/aromatic N) is 1. The quantitative estimate of drug-likeness (QED) is 0.683. The van der Waals surface area contributed by atoms with E-state index in [4.69, 9.17) is 12.2 Å². The number of H-pyrrole nitrogens is 2. The average molecular weight is 185 g/mol. The molecular weight excluding hydrogens is 174 g/mol. The van der Waals surface area contributed by atoms with Gasteiger partial charge in [-0.15, -0.1) is 0 Å². The Labute approximate surface area is 75.0 Å². The molecule has 1 unspecified atom stereocenters. The first-order valence-corrected chi connectivity index (χ1v) is 4.25. The minimum absolute atomic E-state index is 0.167. The molecule has 0 fully saturated rings. The van der Waals surface area contributed by atoms with Crippen molar-refractivity contribution < 1.29 is 0 Å². The summed E-state index contributed by atoms with van der Waals surface area (Å²) in [6.45, 7) is 3.96. The van der Waals surface area contributed by atoms with Crippen LogP contribution in [0, 0.1) is 4.77 Å². The molecule has 0 bridgehead atoms. The Morgan fingerprint density at radius 1 is 1.67 bits per heavy atom. The van der Waals surface area contributed by atoms with Crippen molar-refractivity contribution in [2.45, 2.75) is 26.2 Å². The Bertz CT molecular complexity index is 367. The summed E-state index contributed by atoms with van der Waals surface area (Å²) in [5.74, 6) is 0.167. The summed E-state index contributed by atoms with van der Waals surface area (Å²) >= 11 is 4.71. The molecule has 0 aromatic carbocycles. The minimum Gasteiger partial charge on any atom is -0.296 e. The molecule has 5 heteroatoms. The molecule has 0 saturated carbocycles. The van der Waals surface area contributed by atoms with E-state index < -0.39 is 0 Å². The van der Waals surface area contributed by atoms with Crippen molar-refractivity contribution in [2.75, 3.05) is 0 Å². The van der Waals surface area contributed by atoms with Crippen LogP contribution in [0.15, 0.2) is 4.79 Å². The highest BCUT2D eigenvalue weighted by Gasteiger charge is 2.08. The van der Waals surface area contributed by atoms with Crippen LogP contribution >= 0.6 is 12.2 Å². The molecular formula is C7H11N3OS. The Kier molecular flexibility index (Phi) is 2.75. The zero-order chi connectivity index (χ0) is 9.14. The van der Waals surface area contributed by atoms with Gasteiger partial charge in [-0.2, -0.15) is 5.10 Å². The van der Waals surface area contributed by atoms with Crippen LogP contribution in [0.5, 0.6) is 0 Å². The number of aromatic amines is 2. The first kappa shape index (κ1) is 9.12. The molecule has 1 heterocycles. The second-order valence-electron chi connectivity index (χ2n) is 2.70. The van der Waals surface area contributed by atoms with Gasteiger partial charge in [0.2, 0.25) is 0 Å². The predicted octanol–water partition coefficient (Wildman–Crippen LogP) is 1.34. The van der Waals surface area contributed by atoms with E-state index in [9.17, 15) is 4.79 Å². The summed E-state index contributed by atoms with van der Waals surface area (Å²) in [5.41, 5.74) is 0.333. The van der Waals surface area contributed by atoms with E-state index in [1.807, 2.05) is 13.8 Å². The van der Waals surface area contributed by atoms with Gasteiger partial charge in [0.25, 0.3) is 5.56 Å². The zero-order valence-electron chi connectivity index (χ0n) is 7.05.